The van der Waals surface area contributed by atoms with E-state index in [4.69, 9.17) is 17.3 Å². The minimum Gasteiger partial charge on any atom is -0.325 e. The Labute approximate surface area is 92.6 Å². The van der Waals surface area contributed by atoms with Crippen LogP contribution < -0.4 is 5.73 Å². The second-order valence-electron chi connectivity index (χ2n) is 2.30. The Morgan fingerprint density at radius 3 is 2.69 bits per heavy atom. The van der Waals surface area contributed by atoms with E-state index in [1.807, 2.05) is 22.6 Å². The first kappa shape index (κ1) is 11.1. The Balaban J connectivity index is 3.25. The van der Waals surface area contributed by atoms with Crippen molar-refractivity contribution >= 4 is 34.2 Å². The molecule has 0 fully saturated rings. The Morgan fingerprint density at radius 2 is 2.23 bits per heavy atom. The number of aromatic nitrogens is 1. The van der Waals surface area contributed by atoms with Gasteiger partial charge in [-0.15, -0.1) is 0 Å². The van der Waals surface area contributed by atoms with E-state index in [2.05, 4.69) is 4.98 Å². The molecular weight excluding hydrogens is 312 g/mol. The van der Waals surface area contributed by atoms with Gasteiger partial charge in [-0.25, -0.2) is 13.8 Å². The number of pyridine rings is 1. The molecule has 1 aromatic heterocycles. The number of halogens is 4. The molecule has 0 spiro atoms. The van der Waals surface area contributed by atoms with Crippen LogP contribution in [0, 0.1) is 3.70 Å². The van der Waals surface area contributed by atoms with Crippen LogP contribution in [0.2, 0.25) is 5.02 Å². The molecule has 13 heavy (non-hydrogen) atoms. The fourth-order valence-electron chi connectivity index (χ4n) is 0.868. The van der Waals surface area contributed by atoms with Crippen LogP contribution in [0.15, 0.2) is 6.07 Å². The van der Waals surface area contributed by atoms with Crippen molar-refractivity contribution in [2.24, 2.45) is 5.73 Å². The lowest BCUT2D eigenvalue weighted by Gasteiger charge is -2.07. The number of hydrogen-bond acceptors (Lipinski definition) is 2. The van der Waals surface area contributed by atoms with E-state index in [0.717, 1.165) is 0 Å². The van der Waals surface area contributed by atoms with Gasteiger partial charge < -0.3 is 5.73 Å². The summed E-state index contributed by atoms with van der Waals surface area (Å²) in [6.45, 7) is -0.00710. The molecule has 72 valence electrons. The largest absolute Gasteiger partial charge is 0.325 e. The molecule has 6 heteroatoms. The number of alkyl halides is 2. The third kappa shape index (κ3) is 2.47. The highest BCUT2D eigenvalue weighted by molar-refractivity contribution is 14.1. The SMILES string of the molecule is NCc1nc(I)c(Cl)cc1C(F)F. The van der Waals surface area contributed by atoms with E-state index in [9.17, 15) is 8.78 Å². The molecule has 0 amide bonds. The summed E-state index contributed by atoms with van der Waals surface area (Å²) in [7, 11) is 0. The number of rotatable bonds is 2. The van der Waals surface area contributed by atoms with Crippen LogP contribution in [-0.4, -0.2) is 4.98 Å². The molecule has 2 nitrogen and oxygen atoms in total. The van der Waals surface area contributed by atoms with Crippen LogP contribution >= 0.6 is 34.2 Å². The van der Waals surface area contributed by atoms with Gasteiger partial charge in [0.2, 0.25) is 0 Å². The maximum atomic E-state index is 12.4. The van der Waals surface area contributed by atoms with Gasteiger partial charge in [0, 0.05) is 12.1 Å². The van der Waals surface area contributed by atoms with Crippen LogP contribution in [-0.2, 0) is 6.54 Å². The van der Waals surface area contributed by atoms with E-state index >= 15 is 0 Å². The predicted molar refractivity (Wildman–Crippen MR) is 54.8 cm³/mol. The van der Waals surface area contributed by atoms with Gasteiger partial charge in [0.25, 0.3) is 6.43 Å². The summed E-state index contributed by atoms with van der Waals surface area (Å²) in [5.41, 5.74) is 5.28. The lowest BCUT2D eigenvalue weighted by molar-refractivity contribution is 0.149. The van der Waals surface area contributed by atoms with Crippen molar-refractivity contribution in [2.75, 3.05) is 0 Å². The Hall–Kier alpha value is -0.0100. The van der Waals surface area contributed by atoms with Crippen molar-refractivity contribution in [1.82, 2.24) is 4.98 Å². The molecule has 0 atom stereocenters. The maximum absolute atomic E-state index is 12.4. The first-order valence-corrected chi connectivity index (χ1v) is 4.85. The molecule has 1 aromatic rings. The fraction of sp³-hybridized carbons (Fsp3) is 0.286. The zero-order chi connectivity index (χ0) is 10.0. The van der Waals surface area contributed by atoms with Gasteiger partial charge >= 0.3 is 0 Å². The molecule has 0 aliphatic heterocycles. The Bertz CT molecular complexity index is 320. The zero-order valence-corrected chi connectivity index (χ0v) is 9.31. The molecule has 1 heterocycles. The van der Waals surface area contributed by atoms with Gasteiger partial charge in [-0.05, 0) is 28.7 Å². The monoisotopic (exact) mass is 318 g/mol. The number of nitrogens with zero attached hydrogens (tertiary/aromatic N) is 1. The van der Waals surface area contributed by atoms with E-state index < -0.39 is 6.43 Å². The van der Waals surface area contributed by atoms with Crippen molar-refractivity contribution in [3.63, 3.8) is 0 Å². The molecule has 0 saturated carbocycles. The third-order valence-electron chi connectivity index (χ3n) is 1.47. The van der Waals surface area contributed by atoms with Gasteiger partial charge in [-0.3, -0.25) is 0 Å². The maximum Gasteiger partial charge on any atom is 0.265 e. The van der Waals surface area contributed by atoms with Gasteiger partial charge in [0.1, 0.15) is 3.70 Å². The highest BCUT2D eigenvalue weighted by atomic mass is 127. The lowest BCUT2D eigenvalue weighted by atomic mass is 10.2. The van der Waals surface area contributed by atoms with E-state index in [1.54, 1.807) is 0 Å². The summed E-state index contributed by atoms with van der Waals surface area (Å²) in [6.07, 6.45) is -2.58. The Kier molecular flexibility index (Phi) is 3.81. The third-order valence-corrected chi connectivity index (χ3v) is 2.90. The number of hydrogen-bond donors (Lipinski definition) is 1. The van der Waals surface area contributed by atoms with Crippen LogP contribution in [0.3, 0.4) is 0 Å². The summed E-state index contributed by atoms with van der Waals surface area (Å²) in [4.78, 5) is 3.86. The average Bonchev–Trinajstić information content (AvgIpc) is 2.08. The van der Waals surface area contributed by atoms with Crippen molar-refractivity contribution in [1.29, 1.82) is 0 Å². The molecule has 0 bridgehead atoms. The summed E-state index contributed by atoms with van der Waals surface area (Å²) in [6, 6.07) is 1.21. The van der Waals surface area contributed by atoms with E-state index in [1.165, 1.54) is 6.07 Å². The zero-order valence-electron chi connectivity index (χ0n) is 6.40. The molecule has 0 saturated heterocycles. The van der Waals surface area contributed by atoms with Crippen LogP contribution in [0.4, 0.5) is 8.78 Å². The van der Waals surface area contributed by atoms with E-state index in [0.29, 0.717) is 3.70 Å². The molecule has 0 aromatic carbocycles. The summed E-state index contributed by atoms with van der Waals surface area (Å²) < 4.78 is 25.2. The second kappa shape index (κ2) is 4.47. The predicted octanol–water partition coefficient (Wildman–Crippen LogP) is 2.74. The minimum absolute atomic E-state index is 0.00710. The van der Waals surface area contributed by atoms with Crippen LogP contribution in [0.25, 0.3) is 0 Å². The van der Waals surface area contributed by atoms with Gasteiger partial charge in [0.15, 0.2) is 0 Å². The quantitative estimate of drug-likeness (QED) is 0.673. The van der Waals surface area contributed by atoms with Crippen LogP contribution in [0.1, 0.15) is 17.7 Å². The minimum atomic E-state index is -2.58. The highest BCUT2D eigenvalue weighted by Crippen LogP contribution is 2.27. The van der Waals surface area contributed by atoms with Crippen LogP contribution in [0.5, 0.6) is 0 Å². The Morgan fingerprint density at radius 1 is 1.62 bits per heavy atom. The molecule has 1 rings (SSSR count). The van der Waals surface area contributed by atoms with Crippen molar-refractivity contribution < 1.29 is 8.78 Å². The lowest BCUT2D eigenvalue weighted by Crippen LogP contribution is -2.06. The smallest absolute Gasteiger partial charge is 0.265 e. The molecule has 0 radical (unpaired) electrons. The fourth-order valence-corrected chi connectivity index (χ4v) is 1.47. The van der Waals surface area contributed by atoms with E-state index in [-0.39, 0.29) is 22.8 Å². The van der Waals surface area contributed by atoms with Gasteiger partial charge in [-0.2, -0.15) is 0 Å². The summed E-state index contributed by atoms with van der Waals surface area (Å²) in [5, 5.41) is 0.230. The standard InChI is InChI=1S/C7H6ClF2IN2/c8-4-1-3(6(9)10)5(2-12)13-7(4)11/h1,6H,2,12H2. The van der Waals surface area contributed by atoms with Crippen molar-refractivity contribution in [2.45, 2.75) is 13.0 Å². The first-order chi connectivity index (χ1) is 6.06. The van der Waals surface area contributed by atoms with Crippen molar-refractivity contribution in [3.8, 4) is 0 Å². The van der Waals surface area contributed by atoms with Gasteiger partial charge in [0.05, 0.1) is 10.7 Å². The number of nitrogens with two attached hydrogens (primary N) is 1. The molecule has 0 unspecified atom stereocenters. The average molecular weight is 318 g/mol. The summed E-state index contributed by atoms with van der Waals surface area (Å²) >= 11 is 7.51. The second-order valence-corrected chi connectivity index (χ2v) is 3.73. The topological polar surface area (TPSA) is 38.9 Å². The molecule has 0 aliphatic rings. The van der Waals surface area contributed by atoms with Gasteiger partial charge in [-0.1, -0.05) is 11.6 Å². The summed E-state index contributed by atoms with van der Waals surface area (Å²) in [5.74, 6) is 0. The van der Waals surface area contributed by atoms with Crippen molar-refractivity contribution in [3.05, 3.63) is 26.0 Å². The molecule has 2 N–H and O–H groups in total. The normalized spacial score (nSPS) is 10.9. The first-order valence-electron chi connectivity index (χ1n) is 3.39. The highest BCUT2D eigenvalue weighted by Gasteiger charge is 2.15. The molecular formula is C7H6ClF2IN2. The molecule has 0 aliphatic carbocycles.